The van der Waals surface area contributed by atoms with Gasteiger partial charge in [-0.25, -0.2) is 0 Å². The zero-order chi connectivity index (χ0) is 16.9. The Balaban J connectivity index is 1.74. The maximum absolute atomic E-state index is 12.3. The summed E-state index contributed by atoms with van der Waals surface area (Å²) in [5, 5.41) is 7.42. The van der Waals surface area contributed by atoms with Crippen LogP contribution in [0.3, 0.4) is 0 Å². The monoisotopic (exact) mass is 343 g/mol. The summed E-state index contributed by atoms with van der Waals surface area (Å²) in [6.07, 6.45) is 4.55. The van der Waals surface area contributed by atoms with Crippen molar-refractivity contribution < 1.29 is 10.1 Å². The second-order valence-electron chi connectivity index (χ2n) is 6.75. The molecule has 1 aromatic carbocycles. The molecule has 2 atom stereocenters. The number of carbonyl (C=O) groups is 1. The van der Waals surface area contributed by atoms with Crippen LogP contribution in [0.25, 0.3) is 0 Å². The Morgan fingerprint density at radius 3 is 2.62 bits per heavy atom. The molecule has 1 aromatic heterocycles. The third-order valence-electron chi connectivity index (χ3n) is 4.55. The molecule has 0 saturated heterocycles. The van der Waals surface area contributed by atoms with E-state index in [0.717, 1.165) is 25.7 Å². The van der Waals surface area contributed by atoms with E-state index in [1.54, 1.807) is 11.3 Å². The van der Waals surface area contributed by atoms with E-state index < -0.39 is 0 Å². The van der Waals surface area contributed by atoms with Gasteiger partial charge in [0.05, 0.1) is 4.88 Å². The summed E-state index contributed by atoms with van der Waals surface area (Å²) < 4.78 is 0. The molecule has 128 valence electrons. The summed E-state index contributed by atoms with van der Waals surface area (Å²) in [5.41, 5.74) is 2.65. The number of nitrogens with two attached hydrogens (primary N) is 1. The van der Waals surface area contributed by atoms with Gasteiger partial charge in [-0.2, -0.15) is 0 Å². The van der Waals surface area contributed by atoms with Crippen molar-refractivity contribution in [3.05, 3.63) is 57.8 Å². The third kappa shape index (κ3) is 4.46. The van der Waals surface area contributed by atoms with Crippen molar-refractivity contribution in [3.63, 3.8) is 0 Å². The zero-order valence-electron chi connectivity index (χ0n) is 14.5. The van der Waals surface area contributed by atoms with Crippen molar-refractivity contribution >= 4 is 17.2 Å². The molecule has 2 aromatic rings. The number of nitrogens with one attached hydrogen (secondary N) is 1. The molecule has 4 heteroatoms. The topological polar surface area (TPSA) is 45.7 Å². The maximum Gasteiger partial charge on any atom is 0.278 e. The van der Waals surface area contributed by atoms with Crippen LogP contribution in [0.5, 0.6) is 0 Å². The van der Waals surface area contributed by atoms with E-state index >= 15 is 0 Å². The Kier molecular flexibility index (Phi) is 5.69. The minimum Gasteiger partial charge on any atom is -0.348 e. The van der Waals surface area contributed by atoms with Gasteiger partial charge in [0.2, 0.25) is 0 Å². The molecule has 1 heterocycles. The van der Waals surface area contributed by atoms with Crippen molar-refractivity contribution in [3.8, 4) is 0 Å². The normalized spacial score (nSPS) is 16.6. The average Bonchev–Trinajstić information content (AvgIpc) is 3.23. The number of amides is 1. The highest BCUT2D eigenvalue weighted by Gasteiger charge is 2.29. The van der Waals surface area contributed by atoms with Gasteiger partial charge >= 0.3 is 0 Å². The largest absolute Gasteiger partial charge is 0.348 e. The van der Waals surface area contributed by atoms with E-state index in [1.807, 2.05) is 6.92 Å². The van der Waals surface area contributed by atoms with E-state index in [4.69, 9.17) is 0 Å². The highest BCUT2D eigenvalue weighted by Crippen LogP contribution is 2.24. The predicted octanol–water partition coefficient (Wildman–Crippen LogP) is 3.02. The lowest BCUT2D eigenvalue weighted by Gasteiger charge is -2.19. The molecule has 0 radical (unpaired) electrons. The quantitative estimate of drug-likeness (QED) is 0.760. The molecule has 1 fully saturated rings. The van der Waals surface area contributed by atoms with Crippen molar-refractivity contribution in [2.75, 3.05) is 0 Å². The lowest BCUT2D eigenvalue weighted by molar-refractivity contribution is -0.704. The zero-order valence-corrected chi connectivity index (χ0v) is 15.3. The molecule has 0 unspecified atom stereocenters. The van der Waals surface area contributed by atoms with Gasteiger partial charge in [-0.15, -0.1) is 11.3 Å². The van der Waals surface area contributed by atoms with Gasteiger partial charge in [0, 0.05) is 11.6 Å². The number of quaternary nitrogens is 1. The maximum atomic E-state index is 12.3. The van der Waals surface area contributed by atoms with Crippen molar-refractivity contribution in [1.82, 2.24) is 5.32 Å². The fourth-order valence-corrected chi connectivity index (χ4v) is 3.79. The minimum atomic E-state index is -0.0898. The average molecular weight is 344 g/mol. The molecule has 3 rings (SSSR count). The van der Waals surface area contributed by atoms with Crippen molar-refractivity contribution in [2.45, 2.75) is 57.7 Å². The van der Waals surface area contributed by atoms with Crippen molar-refractivity contribution in [1.29, 1.82) is 0 Å². The Morgan fingerprint density at radius 2 is 2.04 bits per heavy atom. The number of carbonyl (C=O) groups excluding carboxylic acids is 1. The first-order valence-corrected chi connectivity index (χ1v) is 9.83. The van der Waals surface area contributed by atoms with E-state index in [2.05, 4.69) is 59.3 Å². The number of thiophene rings is 1. The Morgan fingerprint density at radius 1 is 1.29 bits per heavy atom. The van der Waals surface area contributed by atoms with Gasteiger partial charge in [-0.05, 0) is 43.2 Å². The van der Waals surface area contributed by atoms with Crippen LogP contribution in [0.4, 0.5) is 0 Å². The number of aryl methyl sites for hydroxylation is 1. The highest BCUT2D eigenvalue weighted by molar-refractivity contribution is 7.10. The summed E-state index contributed by atoms with van der Waals surface area (Å²) in [6.45, 7) is 4.21. The van der Waals surface area contributed by atoms with Crippen LogP contribution in [0, 0.1) is 0 Å². The second-order valence-corrected chi connectivity index (χ2v) is 7.73. The molecule has 1 aliphatic carbocycles. The van der Waals surface area contributed by atoms with E-state index in [1.165, 1.54) is 16.0 Å². The minimum absolute atomic E-state index is 0.0898. The standard InChI is InChI=1S/C20H26N2OS/c1-3-5-15-7-9-16(10-8-15)19(18-6-4-13-24-18)21-14(2)20(23)22-17-11-12-17/h4,6-10,13-14,17,19,21H,3,5,11-12H2,1-2H3,(H,22,23)/p+1/t14-,19-/m0/s1. The molecular weight excluding hydrogens is 316 g/mol. The van der Waals surface area contributed by atoms with Crippen LogP contribution in [0.2, 0.25) is 0 Å². The number of hydrogen-bond donors (Lipinski definition) is 2. The van der Waals surface area contributed by atoms with Gasteiger partial charge < -0.3 is 10.6 Å². The van der Waals surface area contributed by atoms with Gasteiger partial charge in [0.15, 0.2) is 6.04 Å². The Hall–Kier alpha value is -1.65. The fraction of sp³-hybridized carbons (Fsp3) is 0.450. The van der Waals surface area contributed by atoms with Gasteiger partial charge in [0.1, 0.15) is 6.04 Å². The molecule has 0 bridgehead atoms. The molecule has 0 spiro atoms. The van der Waals surface area contributed by atoms with Crippen LogP contribution < -0.4 is 10.6 Å². The van der Waals surface area contributed by atoms with Crippen LogP contribution >= 0.6 is 11.3 Å². The van der Waals surface area contributed by atoms with E-state index in [9.17, 15) is 4.79 Å². The van der Waals surface area contributed by atoms with Crippen LogP contribution in [-0.2, 0) is 11.2 Å². The number of benzene rings is 1. The van der Waals surface area contributed by atoms with Crippen LogP contribution in [-0.4, -0.2) is 18.0 Å². The SMILES string of the molecule is CCCc1ccc([C@H]([NH2+][C@@H](C)C(=O)NC2CC2)c2cccs2)cc1. The molecule has 3 N–H and O–H groups in total. The molecular formula is C20H27N2OS+. The molecule has 0 aliphatic heterocycles. The first-order valence-electron chi connectivity index (χ1n) is 8.95. The van der Waals surface area contributed by atoms with Gasteiger partial charge in [-0.1, -0.05) is 43.7 Å². The smallest absolute Gasteiger partial charge is 0.278 e. The lowest BCUT2D eigenvalue weighted by Crippen LogP contribution is -2.92. The van der Waals surface area contributed by atoms with Crippen molar-refractivity contribution in [2.24, 2.45) is 0 Å². The number of rotatable bonds is 8. The first-order chi connectivity index (χ1) is 11.7. The molecule has 3 nitrogen and oxygen atoms in total. The lowest BCUT2D eigenvalue weighted by atomic mass is 10.0. The summed E-state index contributed by atoms with van der Waals surface area (Å²) >= 11 is 1.76. The summed E-state index contributed by atoms with van der Waals surface area (Å²) in [5.74, 6) is 0.154. The number of hydrogen-bond acceptors (Lipinski definition) is 2. The summed E-state index contributed by atoms with van der Waals surface area (Å²) in [4.78, 5) is 13.6. The fourth-order valence-electron chi connectivity index (χ4n) is 2.96. The molecule has 1 amide bonds. The molecule has 1 saturated carbocycles. The highest BCUT2D eigenvalue weighted by atomic mass is 32.1. The first kappa shape index (κ1) is 17.2. The Bertz CT molecular complexity index is 647. The van der Waals surface area contributed by atoms with Crippen LogP contribution in [0.15, 0.2) is 41.8 Å². The predicted molar refractivity (Wildman–Crippen MR) is 99.2 cm³/mol. The third-order valence-corrected chi connectivity index (χ3v) is 5.50. The van der Waals surface area contributed by atoms with Gasteiger partial charge in [-0.3, -0.25) is 4.79 Å². The van der Waals surface area contributed by atoms with Crippen LogP contribution in [0.1, 0.15) is 55.2 Å². The van der Waals surface area contributed by atoms with E-state index in [-0.39, 0.29) is 18.0 Å². The second kappa shape index (κ2) is 7.95. The van der Waals surface area contributed by atoms with E-state index in [0.29, 0.717) is 6.04 Å². The summed E-state index contributed by atoms with van der Waals surface area (Å²) in [7, 11) is 0. The van der Waals surface area contributed by atoms with Gasteiger partial charge in [0.25, 0.3) is 5.91 Å². The molecule has 24 heavy (non-hydrogen) atoms. The summed E-state index contributed by atoms with van der Waals surface area (Å²) in [6, 6.07) is 13.6. The Labute approximate surface area is 148 Å². The molecule has 1 aliphatic rings.